The Morgan fingerprint density at radius 1 is 1.21 bits per heavy atom. The molecule has 94 valence electrons. The maximum atomic E-state index is 12.1. The van der Waals surface area contributed by atoms with Crippen LogP contribution in [0.3, 0.4) is 0 Å². The fourth-order valence-electron chi connectivity index (χ4n) is 2.20. The molecule has 3 rings (SSSR count). The molecule has 1 N–H and O–H groups in total. The molecule has 0 fully saturated rings. The van der Waals surface area contributed by atoms with Gasteiger partial charge < -0.3 is 5.32 Å². The summed E-state index contributed by atoms with van der Waals surface area (Å²) in [4.78, 5) is 16.1. The molecular formula is C15H11BrN2O. The minimum atomic E-state index is -0.0620. The zero-order chi connectivity index (χ0) is 13.4. The Bertz CT molecular complexity index is 693. The number of hydrogen-bond donors (Lipinski definition) is 1. The lowest BCUT2D eigenvalue weighted by Gasteiger charge is -2.05. The van der Waals surface area contributed by atoms with E-state index in [1.54, 1.807) is 12.4 Å². The van der Waals surface area contributed by atoms with Gasteiger partial charge in [-0.25, -0.2) is 0 Å². The van der Waals surface area contributed by atoms with Crippen molar-refractivity contribution in [2.24, 2.45) is 0 Å². The van der Waals surface area contributed by atoms with E-state index in [0.29, 0.717) is 5.57 Å². The van der Waals surface area contributed by atoms with Crippen molar-refractivity contribution in [2.45, 2.75) is 6.92 Å². The highest BCUT2D eigenvalue weighted by atomic mass is 79.9. The molecule has 0 radical (unpaired) electrons. The highest BCUT2D eigenvalue weighted by molar-refractivity contribution is 9.10. The maximum absolute atomic E-state index is 12.1. The van der Waals surface area contributed by atoms with E-state index in [1.807, 2.05) is 37.3 Å². The van der Waals surface area contributed by atoms with Crippen LogP contribution in [0.4, 0.5) is 5.69 Å². The predicted octanol–water partition coefficient (Wildman–Crippen LogP) is 3.65. The summed E-state index contributed by atoms with van der Waals surface area (Å²) < 4.78 is 1.00. The van der Waals surface area contributed by atoms with Gasteiger partial charge in [0.2, 0.25) is 0 Å². The zero-order valence-electron chi connectivity index (χ0n) is 10.3. The first-order chi connectivity index (χ1) is 9.16. The molecular weight excluding hydrogens is 304 g/mol. The van der Waals surface area contributed by atoms with Gasteiger partial charge in [-0.1, -0.05) is 15.9 Å². The van der Waals surface area contributed by atoms with Crippen LogP contribution in [0.1, 0.15) is 16.7 Å². The van der Waals surface area contributed by atoms with Crippen molar-refractivity contribution in [1.82, 2.24) is 4.98 Å². The number of benzene rings is 1. The SMILES string of the molecule is Cc1c(Br)ccc2c1C(=Cc1ccncc1)C(=O)N2. The Labute approximate surface area is 119 Å². The van der Waals surface area contributed by atoms with Gasteiger partial charge in [-0.05, 0) is 48.4 Å². The quantitative estimate of drug-likeness (QED) is 0.816. The Hall–Kier alpha value is -1.94. The van der Waals surface area contributed by atoms with Gasteiger partial charge in [0.1, 0.15) is 0 Å². The van der Waals surface area contributed by atoms with Gasteiger partial charge in [-0.15, -0.1) is 0 Å². The third-order valence-corrected chi connectivity index (χ3v) is 4.04. The van der Waals surface area contributed by atoms with E-state index in [1.165, 1.54) is 0 Å². The summed E-state index contributed by atoms with van der Waals surface area (Å²) in [6.07, 6.45) is 5.32. The molecule has 3 nitrogen and oxygen atoms in total. The summed E-state index contributed by atoms with van der Waals surface area (Å²) in [5.74, 6) is -0.0620. The number of amides is 1. The number of pyridine rings is 1. The molecule has 2 heterocycles. The lowest BCUT2D eigenvalue weighted by molar-refractivity contribution is -0.110. The number of anilines is 1. The van der Waals surface area contributed by atoms with Crippen LogP contribution in [-0.2, 0) is 4.79 Å². The number of carbonyl (C=O) groups is 1. The number of halogens is 1. The molecule has 0 bridgehead atoms. The monoisotopic (exact) mass is 314 g/mol. The third kappa shape index (κ3) is 2.08. The second-order valence-corrected chi connectivity index (χ2v) is 5.24. The molecule has 1 aromatic heterocycles. The van der Waals surface area contributed by atoms with Gasteiger partial charge in [-0.3, -0.25) is 9.78 Å². The summed E-state index contributed by atoms with van der Waals surface area (Å²) >= 11 is 3.51. The average molecular weight is 315 g/mol. The van der Waals surface area contributed by atoms with Crippen LogP contribution in [0, 0.1) is 6.92 Å². The van der Waals surface area contributed by atoms with Crippen LogP contribution in [0.5, 0.6) is 0 Å². The van der Waals surface area contributed by atoms with Crippen LogP contribution in [0.25, 0.3) is 11.6 Å². The first-order valence-electron chi connectivity index (χ1n) is 5.89. The minimum Gasteiger partial charge on any atom is -0.321 e. The van der Waals surface area contributed by atoms with Crippen molar-refractivity contribution in [2.75, 3.05) is 5.32 Å². The lowest BCUT2D eigenvalue weighted by atomic mass is 10.00. The molecule has 19 heavy (non-hydrogen) atoms. The molecule has 0 unspecified atom stereocenters. The van der Waals surface area contributed by atoms with Gasteiger partial charge in [0.25, 0.3) is 5.91 Å². The summed E-state index contributed by atoms with van der Waals surface area (Å²) in [7, 11) is 0. The number of fused-ring (bicyclic) bond motifs is 1. The van der Waals surface area contributed by atoms with E-state index in [9.17, 15) is 4.79 Å². The number of aromatic nitrogens is 1. The molecule has 0 aliphatic carbocycles. The van der Waals surface area contributed by atoms with E-state index in [-0.39, 0.29) is 5.91 Å². The Kier molecular flexibility index (Phi) is 2.95. The van der Waals surface area contributed by atoms with Gasteiger partial charge in [0, 0.05) is 33.7 Å². The first kappa shape index (κ1) is 12.1. The predicted molar refractivity (Wildman–Crippen MR) is 79.6 cm³/mol. The Morgan fingerprint density at radius 3 is 2.68 bits per heavy atom. The summed E-state index contributed by atoms with van der Waals surface area (Å²) in [6.45, 7) is 2.00. The molecule has 0 saturated heterocycles. The maximum Gasteiger partial charge on any atom is 0.256 e. The van der Waals surface area contributed by atoms with Crippen molar-refractivity contribution in [3.05, 3.63) is 57.8 Å². The van der Waals surface area contributed by atoms with E-state index in [2.05, 4.69) is 26.2 Å². The van der Waals surface area contributed by atoms with Gasteiger partial charge in [0.15, 0.2) is 0 Å². The fourth-order valence-corrected chi connectivity index (χ4v) is 2.54. The van der Waals surface area contributed by atoms with Crippen molar-refractivity contribution >= 4 is 39.2 Å². The second kappa shape index (κ2) is 4.63. The van der Waals surface area contributed by atoms with Crippen LogP contribution in [0.15, 0.2) is 41.1 Å². The van der Waals surface area contributed by atoms with Crippen LogP contribution in [0.2, 0.25) is 0 Å². The normalized spacial score (nSPS) is 15.5. The third-order valence-electron chi connectivity index (χ3n) is 3.18. The fraction of sp³-hybridized carbons (Fsp3) is 0.0667. The summed E-state index contributed by atoms with van der Waals surface area (Å²) in [6, 6.07) is 7.62. The molecule has 0 saturated carbocycles. The summed E-state index contributed by atoms with van der Waals surface area (Å²) in [5.41, 5.74) is 4.56. The molecule has 1 aromatic carbocycles. The largest absolute Gasteiger partial charge is 0.321 e. The van der Waals surface area contributed by atoms with Crippen molar-refractivity contribution in [3.63, 3.8) is 0 Å². The Morgan fingerprint density at radius 2 is 1.95 bits per heavy atom. The standard InChI is InChI=1S/C15H11BrN2O/c1-9-12(16)2-3-13-14(9)11(15(19)18-13)8-10-4-6-17-7-5-10/h2-8H,1H3,(H,18,19). The van der Waals surface area contributed by atoms with E-state index < -0.39 is 0 Å². The second-order valence-electron chi connectivity index (χ2n) is 4.39. The van der Waals surface area contributed by atoms with Crippen LogP contribution in [-0.4, -0.2) is 10.9 Å². The number of rotatable bonds is 1. The first-order valence-corrected chi connectivity index (χ1v) is 6.68. The van der Waals surface area contributed by atoms with Gasteiger partial charge in [-0.2, -0.15) is 0 Å². The lowest BCUT2D eigenvalue weighted by Crippen LogP contribution is -2.03. The molecule has 2 aromatic rings. The topological polar surface area (TPSA) is 42.0 Å². The van der Waals surface area contributed by atoms with Crippen molar-refractivity contribution < 1.29 is 4.79 Å². The van der Waals surface area contributed by atoms with E-state index in [4.69, 9.17) is 0 Å². The Balaban J connectivity index is 2.18. The highest BCUT2D eigenvalue weighted by Crippen LogP contribution is 2.38. The molecule has 1 aliphatic rings. The van der Waals surface area contributed by atoms with Gasteiger partial charge >= 0.3 is 0 Å². The number of nitrogens with one attached hydrogen (secondary N) is 1. The van der Waals surface area contributed by atoms with E-state index in [0.717, 1.165) is 26.9 Å². The molecule has 1 aliphatic heterocycles. The molecule has 1 amide bonds. The number of hydrogen-bond acceptors (Lipinski definition) is 2. The van der Waals surface area contributed by atoms with Gasteiger partial charge in [0.05, 0.1) is 0 Å². The van der Waals surface area contributed by atoms with Crippen LogP contribution >= 0.6 is 15.9 Å². The van der Waals surface area contributed by atoms with Crippen molar-refractivity contribution in [1.29, 1.82) is 0 Å². The average Bonchev–Trinajstić information content (AvgIpc) is 2.73. The zero-order valence-corrected chi connectivity index (χ0v) is 11.9. The molecule has 0 atom stereocenters. The van der Waals surface area contributed by atoms with Crippen molar-refractivity contribution in [3.8, 4) is 0 Å². The number of carbonyl (C=O) groups excluding carboxylic acids is 1. The smallest absolute Gasteiger partial charge is 0.256 e. The number of nitrogens with zero attached hydrogens (tertiary/aromatic N) is 1. The summed E-state index contributed by atoms with van der Waals surface area (Å²) in [5, 5.41) is 2.89. The van der Waals surface area contributed by atoms with E-state index >= 15 is 0 Å². The van der Waals surface area contributed by atoms with Crippen LogP contribution < -0.4 is 5.32 Å². The molecule has 0 spiro atoms. The minimum absolute atomic E-state index is 0.0620. The highest BCUT2D eigenvalue weighted by Gasteiger charge is 2.26. The molecule has 4 heteroatoms.